The molecule has 1 aromatic rings. The van der Waals surface area contributed by atoms with Crippen LogP contribution in [-0.4, -0.2) is 74.3 Å². The molecule has 3 saturated heterocycles. The number of hydrogen-bond donors (Lipinski definition) is 0. The van der Waals surface area contributed by atoms with Crippen molar-refractivity contribution in [1.82, 2.24) is 14.9 Å². The van der Waals surface area contributed by atoms with Gasteiger partial charge in [0, 0.05) is 45.0 Å². The maximum atomic E-state index is 12.6. The van der Waals surface area contributed by atoms with Gasteiger partial charge in [0.2, 0.25) is 5.95 Å². The van der Waals surface area contributed by atoms with Crippen molar-refractivity contribution in [2.24, 2.45) is 5.92 Å². The highest BCUT2D eigenvalue weighted by Crippen LogP contribution is 2.33. The van der Waals surface area contributed by atoms with E-state index in [1.165, 1.54) is 18.9 Å². The van der Waals surface area contributed by atoms with E-state index in [0.29, 0.717) is 50.1 Å². The lowest BCUT2D eigenvalue weighted by Gasteiger charge is -2.34. The number of hydrogen-bond acceptors (Lipinski definition) is 7. The number of aromatic nitrogens is 2. The molecule has 0 saturated carbocycles. The molecule has 4 rings (SSSR count). The Morgan fingerprint density at radius 1 is 1.13 bits per heavy atom. The number of sulfone groups is 1. The van der Waals surface area contributed by atoms with Crippen LogP contribution < -0.4 is 4.90 Å². The predicted molar refractivity (Wildman–Crippen MR) is 113 cm³/mol. The summed E-state index contributed by atoms with van der Waals surface area (Å²) in [5.41, 5.74) is 0.616. The van der Waals surface area contributed by atoms with Crippen LogP contribution in [-0.2, 0) is 19.4 Å². The molecule has 1 aromatic heterocycles. The summed E-state index contributed by atoms with van der Waals surface area (Å²) in [5, 5.41) is 0. The minimum absolute atomic E-state index is 0.00670. The van der Waals surface area contributed by atoms with Crippen molar-refractivity contribution in [2.45, 2.75) is 62.4 Å². The largest absolute Gasteiger partial charge is 0.368 e. The van der Waals surface area contributed by atoms with Gasteiger partial charge in [-0.05, 0) is 44.4 Å². The Hall–Kier alpha value is -1.74. The van der Waals surface area contributed by atoms with E-state index >= 15 is 0 Å². The summed E-state index contributed by atoms with van der Waals surface area (Å²) in [6.07, 6.45) is 7.81. The third kappa shape index (κ3) is 4.61. The summed E-state index contributed by atoms with van der Waals surface area (Å²) in [4.78, 5) is 26.1. The van der Waals surface area contributed by atoms with Crippen molar-refractivity contribution in [3.05, 3.63) is 11.9 Å². The van der Waals surface area contributed by atoms with Gasteiger partial charge in [-0.15, -0.1) is 0 Å². The predicted octanol–water partition coefficient (Wildman–Crippen LogP) is 2.00. The molecule has 3 fully saturated rings. The molecule has 0 spiro atoms. The molecule has 2 unspecified atom stereocenters. The number of carbonyl (C=O) groups excluding carboxylic acids is 1. The molecule has 0 aliphatic carbocycles. The first-order valence-electron chi connectivity index (χ1n) is 11.0. The Morgan fingerprint density at radius 3 is 2.53 bits per heavy atom. The van der Waals surface area contributed by atoms with Crippen molar-refractivity contribution in [1.29, 1.82) is 0 Å². The van der Waals surface area contributed by atoms with Crippen LogP contribution in [0.1, 0.15) is 57.1 Å². The molecule has 30 heavy (non-hydrogen) atoms. The maximum absolute atomic E-state index is 12.6. The Labute approximate surface area is 178 Å². The molecule has 166 valence electrons. The number of carbonyl (C=O) groups is 1. The second kappa shape index (κ2) is 8.78. The van der Waals surface area contributed by atoms with Crippen molar-refractivity contribution in [3.63, 3.8) is 0 Å². The van der Waals surface area contributed by atoms with E-state index in [1.54, 1.807) is 0 Å². The Bertz CT molecular complexity index is 877. The molecule has 0 bridgehead atoms. The molecule has 4 heterocycles. The van der Waals surface area contributed by atoms with Gasteiger partial charge < -0.3 is 14.5 Å². The number of nitrogens with zero attached hydrogens (tertiary/aromatic N) is 4. The molecule has 3 aliphatic rings. The molecule has 0 N–H and O–H groups in total. The zero-order valence-corrected chi connectivity index (χ0v) is 18.7. The van der Waals surface area contributed by atoms with E-state index < -0.39 is 9.84 Å². The van der Waals surface area contributed by atoms with E-state index in [0.717, 1.165) is 32.4 Å². The van der Waals surface area contributed by atoms with Crippen LogP contribution in [0, 0.1) is 5.92 Å². The molecule has 0 aromatic carbocycles. The molecule has 2 atom stereocenters. The number of likely N-dealkylation sites (tertiary alicyclic amines) is 1. The van der Waals surface area contributed by atoms with E-state index in [9.17, 15) is 13.2 Å². The van der Waals surface area contributed by atoms with Crippen LogP contribution >= 0.6 is 0 Å². The lowest BCUT2D eigenvalue weighted by atomic mass is 9.93. The average molecular weight is 437 g/mol. The Kier molecular flexibility index (Phi) is 6.29. The fourth-order valence-electron chi connectivity index (χ4n) is 4.83. The monoisotopic (exact) mass is 436 g/mol. The quantitative estimate of drug-likeness (QED) is 0.713. The average Bonchev–Trinajstić information content (AvgIpc) is 3.27. The number of piperidine rings is 2. The van der Waals surface area contributed by atoms with Gasteiger partial charge in [-0.25, -0.2) is 18.4 Å². The van der Waals surface area contributed by atoms with E-state index in [2.05, 4.69) is 16.8 Å². The minimum Gasteiger partial charge on any atom is -0.368 e. The zero-order valence-electron chi connectivity index (χ0n) is 17.9. The number of anilines is 1. The topological polar surface area (TPSA) is 92.7 Å². The number of rotatable bonds is 4. The van der Waals surface area contributed by atoms with Crippen LogP contribution in [0.25, 0.3) is 0 Å². The van der Waals surface area contributed by atoms with Crippen LogP contribution in [0.3, 0.4) is 0 Å². The van der Waals surface area contributed by atoms with Gasteiger partial charge in [-0.2, -0.15) is 0 Å². The summed E-state index contributed by atoms with van der Waals surface area (Å²) in [6.45, 7) is 5.88. The van der Waals surface area contributed by atoms with E-state index in [4.69, 9.17) is 9.72 Å². The first-order chi connectivity index (χ1) is 14.3. The zero-order chi connectivity index (χ0) is 21.3. The Balaban J connectivity index is 1.53. The maximum Gasteiger partial charge on any atom is 0.251 e. The summed E-state index contributed by atoms with van der Waals surface area (Å²) in [5.74, 6) is 1.28. The summed E-state index contributed by atoms with van der Waals surface area (Å²) < 4.78 is 30.4. The van der Waals surface area contributed by atoms with Gasteiger partial charge in [0.1, 0.15) is 11.0 Å². The van der Waals surface area contributed by atoms with Crippen LogP contribution in [0.4, 0.5) is 5.95 Å². The highest BCUT2D eigenvalue weighted by atomic mass is 32.2. The van der Waals surface area contributed by atoms with Gasteiger partial charge >= 0.3 is 0 Å². The summed E-state index contributed by atoms with van der Waals surface area (Å²) in [7, 11) is -3.43. The van der Waals surface area contributed by atoms with Crippen molar-refractivity contribution >= 4 is 21.7 Å². The third-order valence-corrected chi connectivity index (χ3v) is 7.62. The highest BCUT2D eigenvalue weighted by molar-refractivity contribution is 7.90. The van der Waals surface area contributed by atoms with Crippen LogP contribution in [0.5, 0.6) is 0 Å². The van der Waals surface area contributed by atoms with Gasteiger partial charge in [0.15, 0.2) is 9.84 Å². The van der Waals surface area contributed by atoms with Gasteiger partial charge in [0.05, 0.1) is 11.9 Å². The number of ether oxygens (including phenoxy) is 1. The molecular formula is C21H32N4O4S. The molecular weight excluding hydrogens is 404 g/mol. The van der Waals surface area contributed by atoms with E-state index in [1.807, 2.05) is 4.90 Å². The first-order valence-corrected chi connectivity index (χ1v) is 12.9. The summed E-state index contributed by atoms with van der Waals surface area (Å²) >= 11 is 0. The van der Waals surface area contributed by atoms with Crippen LogP contribution in [0.15, 0.2) is 11.1 Å². The third-order valence-electron chi connectivity index (χ3n) is 6.51. The standard InChI is InChI=1S/C21H32N4O4S/c1-15-5-3-9-25(14-15)21-22-13-18(30(2,27)28)19(23-21)16-7-10-24(11-8-16)20(26)17-6-4-12-29-17/h13,15-17H,3-12,14H2,1-2H3. The molecule has 1 amide bonds. The lowest BCUT2D eigenvalue weighted by molar-refractivity contribution is -0.142. The van der Waals surface area contributed by atoms with E-state index in [-0.39, 0.29) is 22.8 Å². The fraction of sp³-hybridized carbons (Fsp3) is 0.762. The SMILES string of the molecule is CC1CCCN(c2ncc(S(C)(=O)=O)c(C3CCN(C(=O)C4CCCO4)CC3)n2)C1. The first kappa shape index (κ1) is 21.5. The lowest BCUT2D eigenvalue weighted by Crippen LogP contribution is -2.43. The molecule has 3 aliphatic heterocycles. The normalized spacial score (nSPS) is 26.2. The highest BCUT2D eigenvalue weighted by Gasteiger charge is 2.33. The second-order valence-corrected chi connectivity index (χ2v) is 11.0. The molecule has 9 heteroatoms. The van der Waals surface area contributed by atoms with Crippen molar-refractivity contribution < 1.29 is 17.9 Å². The van der Waals surface area contributed by atoms with Gasteiger partial charge in [-0.1, -0.05) is 6.92 Å². The number of amides is 1. The fourth-order valence-corrected chi connectivity index (χ4v) is 5.66. The van der Waals surface area contributed by atoms with Crippen molar-refractivity contribution in [2.75, 3.05) is 43.9 Å². The van der Waals surface area contributed by atoms with Crippen molar-refractivity contribution in [3.8, 4) is 0 Å². The molecule has 0 radical (unpaired) electrons. The van der Waals surface area contributed by atoms with Gasteiger partial charge in [-0.3, -0.25) is 4.79 Å². The second-order valence-electron chi connectivity index (χ2n) is 8.99. The minimum atomic E-state index is -3.43. The Morgan fingerprint density at radius 2 is 1.90 bits per heavy atom. The summed E-state index contributed by atoms with van der Waals surface area (Å²) in [6, 6.07) is 0. The van der Waals surface area contributed by atoms with Crippen LogP contribution in [0.2, 0.25) is 0 Å². The van der Waals surface area contributed by atoms with Gasteiger partial charge in [0.25, 0.3) is 5.91 Å². The molecule has 8 nitrogen and oxygen atoms in total. The smallest absolute Gasteiger partial charge is 0.251 e.